The third kappa shape index (κ3) is 6.73. The molecule has 0 aliphatic carbocycles. The minimum Gasteiger partial charge on any atom is -0.394 e. The predicted molar refractivity (Wildman–Crippen MR) is 69.4 cm³/mol. The Morgan fingerprint density at radius 1 is 1.21 bits per heavy atom. The fraction of sp³-hybridized carbons (Fsp3) is 0.462. The second kappa shape index (κ2) is 9.29. The van der Waals surface area contributed by atoms with E-state index in [1.165, 1.54) is 6.07 Å². The van der Waals surface area contributed by atoms with Gasteiger partial charge in [-0.25, -0.2) is 9.18 Å². The molecule has 0 unspecified atom stereocenters. The van der Waals surface area contributed by atoms with Gasteiger partial charge in [-0.3, -0.25) is 0 Å². The van der Waals surface area contributed by atoms with Crippen LogP contribution in [0.25, 0.3) is 0 Å². The third-order valence-electron chi connectivity index (χ3n) is 2.41. The monoisotopic (exact) mass is 270 g/mol. The zero-order valence-electron chi connectivity index (χ0n) is 10.7. The lowest BCUT2D eigenvalue weighted by molar-refractivity contribution is 0.0947. The van der Waals surface area contributed by atoms with E-state index in [1.807, 2.05) is 0 Å². The number of halogens is 1. The molecule has 19 heavy (non-hydrogen) atoms. The highest BCUT2D eigenvalue weighted by molar-refractivity contribution is 5.73. The Bertz CT molecular complexity index is 388. The Balaban J connectivity index is 2.09. The van der Waals surface area contributed by atoms with E-state index in [-0.39, 0.29) is 25.1 Å². The third-order valence-corrected chi connectivity index (χ3v) is 2.41. The van der Waals surface area contributed by atoms with Crippen molar-refractivity contribution in [2.24, 2.45) is 0 Å². The SMILES string of the molecule is O=C(NCCOCCO)NCCc1ccccc1F. The summed E-state index contributed by atoms with van der Waals surface area (Å²) in [7, 11) is 0. The average molecular weight is 270 g/mol. The molecule has 0 spiro atoms. The number of rotatable bonds is 8. The van der Waals surface area contributed by atoms with Crippen LogP contribution in [0, 0.1) is 5.82 Å². The maximum atomic E-state index is 13.3. The van der Waals surface area contributed by atoms with E-state index in [0.29, 0.717) is 31.7 Å². The molecule has 0 saturated carbocycles. The summed E-state index contributed by atoms with van der Waals surface area (Å²) >= 11 is 0. The molecular formula is C13H19FN2O3. The maximum absolute atomic E-state index is 13.3. The lowest BCUT2D eigenvalue weighted by Crippen LogP contribution is -2.38. The van der Waals surface area contributed by atoms with Crippen molar-refractivity contribution in [3.63, 3.8) is 0 Å². The number of ether oxygens (including phenoxy) is 1. The van der Waals surface area contributed by atoms with E-state index in [2.05, 4.69) is 10.6 Å². The molecule has 0 aliphatic heterocycles. The number of carbonyl (C=O) groups is 1. The first-order chi connectivity index (χ1) is 9.24. The Kier molecular flexibility index (Phi) is 7.53. The first-order valence-corrected chi connectivity index (χ1v) is 6.17. The molecule has 0 atom stereocenters. The zero-order chi connectivity index (χ0) is 13.9. The van der Waals surface area contributed by atoms with Crippen molar-refractivity contribution in [3.8, 4) is 0 Å². The molecular weight excluding hydrogens is 251 g/mol. The molecule has 1 aromatic rings. The van der Waals surface area contributed by atoms with Gasteiger partial charge < -0.3 is 20.5 Å². The molecule has 5 nitrogen and oxygen atoms in total. The minimum absolute atomic E-state index is 0.0329. The van der Waals surface area contributed by atoms with Crippen LogP contribution in [0.3, 0.4) is 0 Å². The summed E-state index contributed by atoms with van der Waals surface area (Å²) in [5.74, 6) is -0.262. The average Bonchev–Trinajstić information content (AvgIpc) is 2.41. The summed E-state index contributed by atoms with van der Waals surface area (Å²) in [6, 6.07) is 6.16. The van der Waals surface area contributed by atoms with Crippen molar-refractivity contribution >= 4 is 6.03 Å². The molecule has 0 aromatic heterocycles. The Morgan fingerprint density at radius 2 is 1.95 bits per heavy atom. The van der Waals surface area contributed by atoms with E-state index >= 15 is 0 Å². The predicted octanol–water partition coefficient (Wildman–Crippen LogP) is 0.676. The smallest absolute Gasteiger partial charge is 0.314 e. The van der Waals surface area contributed by atoms with Crippen LogP contribution < -0.4 is 10.6 Å². The van der Waals surface area contributed by atoms with Crippen LogP contribution in [0.5, 0.6) is 0 Å². The van der Waals surface area contributed by atoms with Gasteiger partial charge in [-0.15, -0.1) is 0 Å². The Morgan fingerprint density at radius 3 is 2.68 bits per heavy atom. The number of benzene rings is 1. The van der Waals surface area contributed by atoms with E-state index in [0.717, 1.165) is 0 Å². The van der Waals surface area contributed by atoms with Gasteiger partial charge in [0, 0.05) is 13.1 Å². The van der Waals surface area contributed by atoms with E-state index in [9.17, 15) is 9.18 Å². The lowest BCUT2D eigenvalue weighted by Gasteiger charge is -2.08. The normalized spacial score (nSPS) is 10.2. The molecule has 2 amide bonds. The van der Waals surface area contributed by atoms with Gasteiger partial charge in [-0.05, 0) is 18.1 Å². The molecule has 0 fully saturated rings. The summed E-state index contributed by atoms with van der Waals surface area (Å²) in [6.07, 6.45) is 0.446. The van der Waals surface area contributed by atoms with Crippen LogP contribution in [-0.2, 0) is 11.2 Å². The van der Waals surface area contributed by atoms with Crippen LogP contribution in [0.2, 0.25) is 0 Å². The number of urea groups is 1. The number of hydrogen-bond donors (Lipinski definition) is 3. The van der Waals surface area contributed by atoms with Gasteiger partial charge in [0.1, 0.15) is 5.82 Å². The van der Waals surface area contributed by atoms with Crippen LogP contribution in [0.1, 0.15) is 5.56 Å². The van der Waals surface area contributed by atoms with Gasteiger partial charge in [0.15, 0.2) is 0 Å². The number of carbonyl (C=O) groups excluding carboxylic acids is 1. The Hall–Kier alpha value is -1.66. The Labute approximate surface area is 111 Å². The van der Waals surface area contributed by atoms with Gasteiger partial charge >= 0.3 is 6.03 Å². The molecule has 0 bridgehead atoms. The summed E-state index contributed by atoms with van der Waals surface area (Å²) in [4.78, 5) is 11.3. The van der Waals surface area contributed by atoms with Crippen LogP contribution >= 0.6 is 0 Å². The molecule has 3 N–H and O–H groups in total. The standard InChI is InChI=1S/C13H19FN2O3/c14-12-4-2-1-3-11(12)5-6-15-13(18)16-7-9-19-10-8-17/h1-4,17H,5-10H2,(H2,15,16,18). The summed E-state index contributed by atoms with van der Waals surface area (Å²) in [6.45, 7) is 1.31. The zero-order valence-corrected chi connectivity index (χ0v) is 10.7. The molecule has 1 aromatic carbocycles. The van der Waals surface area contributed by atoms with E-state index in [4.69, 9.17) is 9.84 Å². The maximum Gasteiger partial charge on any atom is 0.314 e. The van der Waals surface area contributed by atoms with Crippen LogP contribution in [0.15, 0.2) is 24.3 Å². The molecule has 106 valence electrons. The first kappa shape index (κ1) is 15.4. The number of nitrogens with one attached hydrogen (secondary N) is 2. The minimum atomic E-state index is -0.316. The molecule has 6 heteroatoms. The van der Waals surface area contributed by atoms with Crippen LogP contribution in [0.4, 0.5) is 9.18 Å². The highest BCUT2D eigenvalue weighted by atomic mass is 19.1. The van der Waals surface area contributed by atoms with Gasteiger partial charge in [-0.1, -0.05) is 18.2 Å². The second-order valence-electron chi connectivity index (χ2n) is 3.86. The molecule has 0 heterocycles. The fourth-order valence-corrected chi connectivity index (χ4v) is 1.48. The molecule has 0 radical (unpaired) electrons. The highest BCUT2D eigenvalue weighted by Crippen LogP contribution is 2.05. The van der Waals surface area contributed by atoms with Crippen molar-refractivity contribution in [3.05, 3.63) is 35.6 Å². The number of hydrogen-bond acceptors (Lipinski definition) is 3. The summed E-state index contributed by atoms with van der Waals surface area (Å²) in [5.41, 5.74) is 0.578. The van der Waals surface area contributed by atoms with Gasteiger partial charge in [0.05, 0.1) is 19.8 Å². The van der Waals surface area contributed by atoms with Crippen LogP contribution in [-0.4, -0.2) is 44.0 Å². The number of aliphatic hydroxyl groups is 1. The molecule has 0 saturated heterocycles. The number of aliphatic hydroxyl groups excluding tert-OH is 1. The fourth-order valence-electron chi connectivity index (χ4n) is 1.48. The van der Waals surface area contributed by atoms with Crippen molar-refractivity contribution in [1.29, 1.82) is 0 Å². The van der Waals surface area contributed by atoms with Crippen molar-refractivity contribution in [2.75, 3.05) is 32.9 Å². The largest absolute Gasteiger partial charge is 0.394 e. The van der Waals surface area contributed by atoms with Crippen molar-refractivity contribution in [1.82, 2.24) is 10.6 Å². The van der Waals surface area contributed by atoms with Gasteiger partial charge in [-0.2, -0.15) is 0 Å². The van der Waals surface area contributed by atoms with Gasteiger partial charge in [0.25, 0.3) is 0 Å². The lowest BCUT2D eigenvalue weighted by atomic mass is 10.1. The summed E-state index contributed by atoms with van der Waals surface area (Å²) < 4.78 is 18.3. The first-order valence-electron chi connectivity index (χ1n) is 6.17. The highest BCUT2D eigenvalue weighted by Gasteiger charge is 2.02. The topological polar surface area (TPSA) is 70.6 Å². The quantitative estimate of drug-likeness (QED) is 0.608. The molecule has 0 aliphatic rings. The van der Waals surface area contributed by atoms with Gasteiger partial charge in [0.2, 0.25) is 0 Å². The second-order valence-corrected chi connectivity index (χ2v) is 3.86. The number of amides is 2. The van der Waals surface area contributed by atoms with E-state index < -0.39 is 0 Å². The summed E-state index contributed by atoms with van der Waals surface area (Å²) in [5, 5.41) is 13.7. The van der Waals surface area contributed by atoms with Crippen molar-refractivity contribution < 1.29 is 19.0 Å². The van der Waals surface area contributed by atoms with E-state index in [1.54, 1.807) is 18.2 Å². The molecule has 1 rings (SSSR count). The van der Waals surface area contributed by atoms with Crippen molar-refractivity contribution in [2.45, 2.75) is 6.42 Å².